The van der Waals surface area contributed by atoms with Crippen molar-refractivity contribution in [1.29, 1.82) is 0 Å². The van der Waals surface area contributed by atoms with Crippen LogP contribution in [0.25, 0.3) is 17.2 Å². The van der Waals surface area contributed by atoms with Gasteiger partial charge in [-0.1, -0.05) is 24.3 Å². The van der Waals surface area contributed by atoms with Gasteiger partial charge in [-0.05, 0) is 86.1 Å². The second kappa shape index (κ2) is 10.4. The molecule has 190 valence electrons. The first-order chi connectivity index (χ1) is 17.4. The molecule has 1 aliphatic heterocycles. The number of carbonyl (C=O) groups excluding carboxylic acids is 2. The summed E-state index contributed by atoms with van der Waals surface area (Å²) in [6.45, 7) is 2.18. The quantitative estimate of drug-likeness (QED) is 0.616. The lowest BCUT2D eigenvalue weighted by Gasteiger charge is -2.49. The number of halogens is 1. The van der Waals surface area contributed by atoms with Crippen LogP contribution >= 0.6 is 0 Å². The van der Waals surface area contributed by atoms with Gasteiger partial charge in [0.05, 0.1) is 12.3 Å². The lowest BCUT2D eigenvalue weighted by atomic mass is 9.59. The van der Waals surface area contributed by atoms with E-state index in [0.717, 1.165) is 42.5 Å². The third-order valence-corrected chi connectivity index (χ3v) is 8.40. The topological polar surface area (TPSA) is 71.5 Å². The number of hydrogen-bond donors (Lipinski definition) is 1. The van der Waals surface area contributed by atoms with Crippen LogP contribution in [0.1, 0.15) is 44.7 Å². The number of aromatic nitrogens is 1. The van der Waals surface area contributed by atoms with E-state index in [-0.39, 0.29) is 35.8 Å². The fourth-order valence-electron chi connectivity index (χ4n) is 6.68. The molecule has 1 N–H and O–H groups in total. The van der Waals surface area contributed by atoms with Crippen molar-refractivity contribution in [1.82, 2.24) is 15.2 Å². The van der Waals surface area contributed by atoms with Crippen molar-refractivity contribution in [2.45, 2.75) is 51.1 Å². The van der Waals surface area contributed by atoms with Crippen LogP contribution in [-0.4, -0.2) is 47.6 Å². The first kappa shape index (κ1) is 24.5. The molecule has 0 bridgehead atoms. The summed E-state index contributed by atoms with van der Waals surface area (Å²) in [5, 5.41) is 3.03. The van der Waals surface area contributed by atoms with E-state index in [2.05, 4.69) is 22.5 Å². The molecule has 0 spiro atoms. The van der Waals surface area contributed by atoms with E-state index in [0.29, 0.717) is 30.8 Å². The average Bonchev–Trinajstić information content (AvgIpc) is 3.15. The molecule has 6 atom stereocenters. The summed E-state index contributed by atoms with van der Waals surface area (Å²) in [6, 6.07) is 10.8. The Morgan fingerprint density at radius 3 is 2.81 bits per heavy atom. The highest BCUT2D eigenvalue weighted by Gasteiger charge is 2.51. The van der Waals surface area contributed by atoms with E-state index >= 15 is 0 Å². The number of pyridine rings is 1. The van der Waals surface area contributed by atoms with Crippen LogP contribution in [0, 0.1) is 29.5 Å². The van der Waals surface area contributed by atoms with Gasteiger partial charge in [-0.2, -0.15) is 0 Å². The van der Waals surface area contributed by atoms with Crippen molar-refractivity contribution >= 4 is 18.1 Å². The average molecular weight is 492 g/mol. The van der Waals surface area contributed by atoms with Crippen molar-refractivity contribution < 1.29 is 18.7 Å². The van der Waals surface area contributed by atoms with Gasteiger partial charge in [-0.25, -0.2) is 9.18 Å². The SMILES string of the molecule is CCOC(=O)N[C@H]1CC[C@@H]2[C@@H](C1)C[C@@H]1[C@@H](CC(=O)N1C)[C@H]2/C=C/c1ccc(-c2cccc(F)c2)cn1. The van der Waals surface area contributed by atoms with Gasteiger partial charge in [-0.3, -0.25) is 9.78 Å². The molecule has 2 heterocycles. The summed E-state index contributed by atoms with van der Waals surface area (Å²) in [7, 11) is 1.93. The van der Waals surface area contributed by atoms with Gasteiger partial charge in [0, 0.05) is 37.3 Å². The normalized spacial score (nSPS) is 29.6. The Morgan fingerprint density at radius 2 is 2.06 bits per heavy atom. The number of nitrogens with zero attached hydrogens (tertiary/aromatic N) is 2. The lowest BCUT2D eigenvalue weighted by molar-refractivity contribution is -0.127. The lowest BCUT2D eigenvalue weighted by Crippen LogP contribution is -2.50. The predicted molar refractivity (Wildman–Crippen MR) is 136 cm³/mol. The summed E-state index contributed by atoms with van der Waals surface area (Å²) in [5.41, 5.74) is 2.53. The maximum Gasteiger partial charge on any atom is 0.407 e. The number of hydrogen-bond acceptors (Lipinski definition) is 4. The van der Waals surface area contributed by atoms with Crippen LogP contribution in [0.3, 0.4) is 0 Å². The summed E-state index contributed by atoms with van der Waals surface area (Å²) < 4.78 is 18.7. The molecule has 1 saturated heterocycles. The predicted octanol–water partition coefficient (Wildman–Crippen LogP) is 5.30. The Morgan fingerprint density at radius 1 is 1.19 bits per heavy atom. The Bertz CT molecular complexity index is 1130. The fourth-order valence-corrected chi connectivity index (χ4v) is 6.68. The zero-order valence-corrected chi connectivity index (χ0v) is 20.9. The molecule has 0 radical (unpaired) electrons. The number of nitrogens with one attached hydrogen (secondary N) is 1. The molecule has 5 rings (SSSR count). The fraction of sp³-hybridized carbons (Fsp3) is 0.483. The van der Waals surface area contributed by atoms with Crippen LogP contribution in [0.5, 0.6) is 0 Å². The van der Waals surface area contributed by atoms with Crippen LogP contribution < -0.4 is 5.32 Å². The number of alkyl carbamates (subject to hydrolysis) is 1. The van der Waals surface area contributed by atoms with Gasteiger partial charge in [0.15, 0.2) is 0 Å². The molecular weight excluding hydrogens is 457 g/mol. The van der Waals surface area contributed by atoms with Crippen molar-refractivity contribution in [2.75, 3.05) is 13.7 Å². The molecule has 7 heteroatoms. The first-order valence-corrected chi connectivity index (χ1v) is 13.0. The molecule has 3 aliphatic rings. The molecule has 2 amide bonds. The molecule has 3 fully saturated rings. The summed E-state index contributed by atoms with van der Waals surface area (Å²) in [5.74, 6) is 1.48. The Labute approximate surface area is 211 Å². The van der Waals surface area contributed by atoms with Gasteiger partial charge >= 0.3 is 6.09 Å². The van der Waals surface area contributed by atoms with Crippen LogP contribution in [0.15, 0.2) is 48.7 Å². The third-order valence-electron chi connectivity index (χ3n) is 8.40. The highest BCUT2D eigenvalue weighted by molar-refractivity contribution is 5.79. The van der Waals surface area contributed by atoms with Crippen molar-refractivity contribution in [2.24, 2.45) is 23.7 Å². The van der Waals surface area contributed by atoms with E-state index in [1.165, 1.54) is 12.1 Å². The molecule has 1 aromatic heterocycles. The number of allylic oxidation sites excluding steroid dienone is 1. The minimum absolute atomic E-state index is 0.117. The van der Waals surface area contributed by atoms with E-state index < -0.39 is 0 Å². The minimum atomic E-state index is -0.341. The second-order valence-electron chi connectivity index (χ2n) is 10.4. The number of amides is 2. The summed E-state index contributed by atoms with van der Waals surface area (Å²) in [4.78, 5) is 31.2. The van der Waals surface area contributed by atoms with Crippen LogP contribution in [0.4, 0.5) is 9.18 Å². The highest BCUT2D eigenvalue weighted by atomic mass is 19.1. The minimum Gasteiger partial charge on any atom is -0.450 e. The maximum atomic E-state index is 13.6. The van der Waals surface area contributed by atoms with Gasteiger partial charge in [-0.15, -0.1) is 0 Å². The van der Waals surface area contributed by atoms with Crippen LogP contribution in [0.2, 0.25) is 0 Å². The Balaban J connectivity index is 1.33. The molecule has 1 aromatic carbocycles. The van der Waals surface area contributed by atoms with E-state index in [1.807, 2.05) is 37.1 Å². The van der Waals surface area contributed by atoms with Gasteiger partial charge < -0.3 is 15.0 Å². The summed E-state index contributed by atoms with van der Waals surface area (Å²) in [6.07, 6.45) is 10.2. The third kappa shape index (κ3) is 5.01. The zero-order chi connectivity index (χ0) is 25.2. The number of fused-ring (bicyclic) bond motifs is 2. The monoisotopic (exact) mass is 491 g/mol. The second-order valence-corrected chi connectivity index (χ2v) is 10.4. The molecule has 36 heavy (non-hydrogen) atoms. The zero-order valence-electron chi connectivity index (χ0n) is 20.9. The molecule has 6 nitrogen and oxygen atoms in total. The standard InChI is InChI=1S/C29H34FN3O3/c1-3-36-29(35)32-23-10-11-24-20(14-23)15-27-26(16-28(34)33(27)2)25(24)12-9-22-8-7-19(17-31-22)18-5-4-6-21(30)13-18/h4-9,12-13,17,20,23-27H,3,10-11,14-16H2,1-2H3,(H,32,35)/b12-9+/t20-,23-,24+,25-,26-,27+/m0/s1. The maximum absolute atomic E-state index is 13.6. The molecule has 2 aromatic rings. The van der Waals surface area contributed by atoms with E-state index in [4.69, 9.17) is 4.74 Å². The van der Waals surface area contributed by atoms with Crippen molar-refractivity contribution in [3.05, 3.63) is 60.2 Å². The molecular formula is C29H34FN3O3. The van der Waals surface area contributed by atoms with Gasteiger partial charge in [0.25, 0.3) is 0 Å². The summed E-state index contributed by atoms with van der Waals surface area (Å²) >= 11 is 0. The van der Waals surface area contributed by atoms with Crippen molar-refractivity contribution in [3.63, 3.8) is 0 Å². The van der Waals surface area contributed by atoms with E-state index in [1.54, 1.807) is 12.3 Å². The van der Waals surface area contributed by atoms with Crippen LogP contribution in [-0.2, 0) is 9.53 Å². The van der Waals surface area contributed by atoms with Crippen molar-refractivity contribution in [3.8, 4) is 11.1 Å². The molecule has 2 saturated carbocycles. The molecule has 2 aliphatic carbocycles. The number of ether oxygens (including phenoxy) is 1. The first-order valence-electron chi connectivity index (χ1n) is 13.0. The highest BCUT2D eigenvalue weighted by Crippen LogP contribution is 2.51. The van der Waals surface area contributed by atoms with Gasteiger partial charge in [0.2, 0.25) is 5.91 Å². The Kier molecular flexibility index (Phi) is 7.08. The number of carbonyl (C=O) groups is 2. The molecule has 0 unspecified atom stereocenters. The largest absolute Gasteiger partial charge is 0.450 e. The number of likely N-dealkylation sites (tertiary alicyclic amines) is 1. The number of rotatable bonds is 5. The Hall–Kier alpha value is -3.22. The van der Waals surface area contributed by atoms with E-state index in [9.17, 15) is 14.0 Å². The van der Waals surface area contributed by atoms with Gasteiger partial charge in [0.1, 0.15) is 5.82 Å². The number of benzene rings is 1. The smallest absolute Gasteiger partial charge is 0.407 e.